The Morgan fingerprint density at radius 1 is 1.75 bits per heavy atom. The van der Waals surface area contributed by atoms with Gasteiger partial charge in [0.1, 0.15) is 0 Å². The third-order valence-electron chi connectivity index (χ3n) is 1.48. The highest BCUT2D eigenvalue weighted by Gasteiger charge is 2.04. The maximum Gasteiger partial charge on any atom is 0.153 e. The maximum atomic E-state index is 7.43. The third-order valence-corrected chi connectivity index (χ3v) is 1.79. The van der Waals surface area contributed by atoms with Crippen LogP contribution < -0.4 is 5.32 Å². The van der Waals surface area contributed by atoms with E-state index in [1.165, 1.54) is 6.33 Å². The van der Waals surface area contributed by atoms with E-state index in [4.69, 9.17) is 17.6 Å². The first kappa shape index (κ1) is 8.86. The molecule has 4 nitrogen and oxygen atoms in total. The van der Waals surface area contributed by atoms with Crippen LogP contribution in [0.5, 0.6) is 0 Å². The van der Waals surface area contributed by atoms with Gasteiger partial charge in [-0.1, -0.05) is 12.2 Å². The molecule has 0 bridgehead atoms. The van der Waals surface area contributed by atoms with Gasteiger partial charge in [-0.05, 0) is 6.92 Å². The van der Waals surface area contributed by atoms with Crippen LogP contribution in [0.15, 0.2) is 6.33 Å². The fraction of sp³-hybridized carbons (Fsp3) is 0.286. The Kier molecular flexibility index (Phi) is 2.54. The predicted octanol–water partition coefficient (Wildman–Crippen LogP) is 1.57. The van der Waals surface area contributed by atoms with Gasteiger partial charge in [-0.15, -0.1) is 0 Å². The molecule has 0 saturated heterocycles. The quantitative estimate of drug-likeness (QED) is 0.480. The average Bonchev–Trinajstić information content (AvgIpc) is 2.03. The van der Waals surface area contributed by atoms with Crippen molar-refractivity contribution in [2.75, 3.05) is 12.4 Å². The van der Waals surface area contributed by atoms with Crippen molar-refractivity contribution >= 4 is 23.6 Å². The summed E-state index contributed by atoms with van der Waals surface area (Å²) in [5, 5.41) is 10.3. The van der Waals surface area contributed by atoms with Crippen LogP contribution in [0.1, 0.15) is 12.6 Å². The van der Waals surface area contributed by atoms with Crippen LogP contribution in [0, 0.1) is 10.0 Å². The van der Waals surface area contributed by atoms with Crippen molar-refractivity contribution in [2.24, 2.45) is 0 Å². The minimum absolute atomic E-state index is 0.438. The van der Waals surface area contributed by atoms with Crippen molar-refractivity contribution in [1.82, 2.24) is 9.97 Å². The number of H-pyrrole nitrogens is 1. The highest BCUT2D eigenvalue weighted by atomic mass is 32.1. The third kappa shape index (κ3) is 1.50. The monoisotopic (exact) mass is 182 g/mol. The van der Waals surface area contributed by atoms with Gasteiger partial charge in [0.2, 0.25) is 0 Å². The molecule has 1 aromatic rings. The van der Waals surface area contributed by atoms with Crippen LogP contribution in [-0.4, -0.2) is 22.7 Å². The van der Waals surface area contributed by atoms with Crippen molar-refractivity contribution in [2.45, 2.75) is 6.92 Å². The van der Waals surface area contributed by atoms with Gasteiger partial charge in [-0.2, -0.15) is 0 Å². The van der Waals surface area contributed by atoms with E-state index in [1.54, 1.807) is 14.0 Å². The summed E-state index contributed by atoms with van der Waals surface area (Å²) < 4.78 is 0.484. The van der Waals surface area contributed by atoms with Gasteiger partial charge in [0, 0.05) is 7.05 Å². The van der Waals surface area contributed by atoms with Crippen LogP contribution in [0.25, 0.3) is 0 Å². The molecule has 0 saturated carbocycles. The van der Waals surface area contributed by atoms with Crippen LogP contribution >= 0.6 is 12.2 Å². The van der Waals surface area contributed by atoms with Gasteiger partial charge < -0.3 is 15.7 Å². The number of anilines is 1. The highest BCUT2D eigenvalue weighted by Crippen LogP contribution is 2.11. The Hall–Kier alpha value is -1.23. The molecule has 12 heavy (non-hydrogen) atoms. The first-order valence-electron chi connectivity index (χ1n) is 3.47. The Bertz CT molecular complexity index is 355. The van der Waals surface area contributed by atoms with Gasteiger partial charge in [0.15, 0.2) is 4.64 Å². The summed E-state index contributed by atoms with van der Waals surface area (Å²) in [6.07, 6.45) is 1.50. The van der Waals surface area contributed by atoms with Crippen LogP contribution in [-0.2, 0) is 0 Å². The molecule has 1 rings (SSSR count). The number of nitrogens with zero attached hydrogens (tertiary/aromatic N) is 1. The molecule has 0 unspecified atom stereocenters. The largest absolute Gasteiger partial charge is 0.384 e. The second-order valence-electron chi connectivity index (χ2n) is 2.33. The second-order valence-corrected chi connectivity index (χ2v) is 2.72. The molecule has 5 heteroatoms. The molecule has 0 aliphatic carbocycles. The smallest absolute Gasteiger partial charge is 0.153 e. The van der Waals surface area contributed by atoms with Gasteiger partial charge in [0.25, 0.3) is 0 Å². The summed E-state index contributed by atoms with van der Waals surface area (Å²) in [4.78, 5) is 6.76. The molecule has 0 fully saturated rings. The number of aromatic amines is 1. The Labute approximate surface area is 75.6 Å². The zero-order valence-corrected chi connectivity index (χ0v) is 7.75. The van der Waals surface area contributed by atoms with Crippen molar-refractivity contribution < 1.29 is 0 Å². The summed E-state index contributed by atoms with van der Waals surface area (Å²) in [5.74, 6) is 0. The van der Waals surface area contributed by atoms with E-state index in [1.807, 2.05) is 0 Å². The first-order valence-corrected chi connectivity index (χ1v) is 3.88. The highest BCUT2D eigenvalue weighted by molar-refractivity contribution is 7.71. The zero-order valence-electron chi connectivity index (χ0n) is 6.93. The predicted molar refractivity (Wildman–Crippen MR) is 51.5 cm³/mol. The molecule has 64 valence electrons. The van der Waals surface area contributed by atoms with Crippen molar-refractivity contribution in [3.05, 3.63) is 16.7 Å². The fourth-order valence-corrected chi connectivity index (χ4v) is 1.18. The van der Waals surface area contributed by atoms with Gasteiger partial charge >= 0.3 is 0 Å². The molecule has 1 heterocycles. The van der Waals surface area contributed by atoms with Crippen molar-refractivity contribution in [3.63, 3.8) is 0 Å². The summed E-state index contributed by atoms with van der Waals surface area (Å²) >= 11 is 4.97. The lowest BCUT2D eigenvalue weighted by molar-refractivity contribution is 1.12. The summed E-state index contributed by atoms with van der Waals surface area (Å²) in [7, 11) is 1.76. The number of nitrogens with one attached hydrogen (secondary N) is 3. The Balaban J connectivity index is 3.38. The molecule has 0 aromatic carbocycles. The lowest BCUT2D eigenvalue weighted by atomic mass is 10.2. The number of aromatic nitrogens is 2. The molecular formula is C7H10N4S. The zero-order chi connectivity index (χ0) is 9.14. The lowest BCUT2D eigenvalue weighted by Gasteiger charge is -2.05. The van der Waals surface area contributed by atoms with Gasteiger partial charge in [-0.25, -0.2) is 4.98 Å². The molecule has 0 amide bonds. The van der Waals surface area contributed by atoms with E-state index in [2.05, 4.69) is 15.3 Å². The van der Waals surface area contributed by atoms with E-state index < -0.39 is 0 Å². The Morgan fingerprint density at radius 2 is 2.42 bits per heavy atom. The van der Waals surface area contributed by atoms with E-state index >= 15 is 0 Å². The number of rotatable bonds is 2. The van der Waals surface area contributed by atoms with Crippen molar-refractivity contribution in [3.8, 4) is 0 Å². The normalized spacial score (nSPS) is 9.50. The number of hydrogen-bond acceptors (Lipinski definition) is 4. The maximum absolute atomic E-state index is 7.43. The topological polar surface area (TPSA) is 64.6 Å². The summed E-state index contributed by atoms with van der Waals surface area (Å²) in [6, 6.07) is 0. The van der Waals surface area contributed by atoms with E-state index in [9.17, 15) is 0 Å². The second kappa shape index (κ2) is 3.44. The molecule has 0 aliphatic rings. The molecule has 0 atom stereocenters. The average molecular weight is 182 g/mol. The first-order chi connectivity index (χ1) is 5.66. The summed E-state index contributed by atoms with van der Waals surface area (Å²) in [5.41, 5.74) is 1.84. The van der Waals surface area contributed by atoms with Crippen molar-refractivity contribution in [1.29, 1.82) is 5.41 Å². The molecule has 3 N–H and O–H groups in total. The number of hydrogen-bond donors (Lipinski definition) is 3. The molecule has 1 aromatic heterocycles. The molecule has 0 aliphatic heterocycles. The minimum Gasteiger partial charge on any atom is -0.384 e. The fourth-order valence-electron chi connectivity index (χ4n) is 0.927. The Morgan fingerprint density at radius 3 is 2.83 bits per heavy atom. The van der Waals surface area contributed by atoms with Crippen LogP contribution in [0.2, 0.25) is 0 Å². The molecule has 0 spiro atoms. The van der Waals surface area contributed by atoms with Crippen LogP contribution in [0.3, 0.4) is 0 Å². The minimum atomic E-state index is 0.438. The van der Waals surface area contributed by atoms with E-state index in [0.717, 1.165) is 0 Å². The van der Waals surface area contributed by atoms with E-state index in [0.29, 0.717) is 21.7 Å². The van der Waals surface area contributed by atoms with E-state index in [-0.39, 0.29) is 0 Å². The lowest BCUT2D eigenvalue weighted by Crippen LogP contribution is -2.04. The summed E-state index contributed by atoms with van der Waals surface area (Å²) in [6.45, 7) is 1.70. The van der Waals surface area contributed by atoms with Crippen LogP contribution in [0.4, 0.5) is 5.69 Å². The molecular weight excluding hydrogens is 172 g/mol. The van der Waals surface area contributed by atoms with Gasteiger partial charge in [-0.3, -0.25) is 0 Å². The standard InChI is InChI=1S/C7H10N4S/c1-4(8)5-6(9-2)7(12)11-3-10-5/h3,8-9H,1-2H3,(H,10,11,12). The SMILES string of the molecule is CNc1c(C(C)=N)[nH]cnc1=S. The van der Waals surface area contributed by atoms with Gasteiger partial charge in [0.05, 0.1) is 23.4 Å². The molecule has 0 radical (unpaired) electrons.